The molecule has 0 aromatic heterocycles. The molecule has 1 aromatic rings. The highest BCUT2D eigenvalue weighted by atomic mass is 32.2. The molecule has 1 aromatic carbocycles. The van der Waals surface area contributed by atoms with Gasteiger partial charge in [0, 0.05) is 12.2 Å². The Morgan fingerprint density at radius 1 is 1.14 bits per heavy atom. The van der Waals surface area contributed by atoms with Crippen molar-refractivity contribution in [1.29, 1.82) is 0 Å². The van der Waals surface area contributed by atoms with Crippen LogP contribution in [0.25, 0.3) is 0 Å². The summed E-state index contributed by atoms with van der Waals surface area (Å²) in [7, 11) is -2.14. The van der Waals surface area contributed by atoms with E-state index in [1.54, 1.807) is 12.1 Å². The smallest absolute Gasteiger partial charge is 0.242 e. The van der Waals surface area contributed by atoms with Crippen LogP contribution < -0.4 is 15.8 Å². The minimum Gasteiger partial charge on any atom is -0.399 e. The van der Waals surface area contributed by atoms with Crippen molar-refractivity contribution in [3.8, 4) is 0 Å². The van der Waals surface area contributed by atoms with Crippen molar-refractivity contribution in [1.82, 2.24) is 4.72 Å². The third-order valence-corrected chi connectivity index (χ3v) is 5.26. The zero-order valence-electron chi connectivity index (χ0n) is 13.5. The van der Waals surface area contributed by atoms with E-state index in [9.17, 15) is 8.42 Å². The fourth-order valence-electron chi connectivity index (χ4n) is 2.49. The van der Waals surface area contributed by atoms with E-state index in [0.717, 1.165) is 6.54 Å². The molecule has 1 rings (SSSR count). The normalized spacial score (nSPS) is 12.4. The van der Waals surface area contributed by atoms with Gasteiger partial charge in [0.25, 0.3) is 0 Å². The molecule has 0 aliphatic rings. The molecule has 6 heteroatoms. The average molecular weight is 313 g/mol. The Balaban J connectivity index is 3.04. The second-order valence-electron chi connectivity index (χ2n) is 6.00. The predicted molar refractivity (Wildman–Crippen MR) is 88.8 cm³/mol. The molecule has 0 aliphatic heterocycles. The van der Waals surface area contributed by atoms with E-state index in [1.165, 1.54) is 13.1 Å². The summed E-state index contributed by atoms with van der Waals surface area (Å²) in [5.41, 5.74) is 6.73. The molecular weight excluding hydrogens is 286 g/mol. The summed E-state index contributed by atoms with van der Waals surface area (Å²) < 4.78 is 26.5. The molecule has 120 valence electrons. The molecule has 4 N–H and O–H groups in total. The maximum Gasteiger partial charge on any atom is 0.242 e. The summed E-state index contributed by atoms with van der Waals surface area (Å²) >= 11 is 0. The van der Waals surface area contributed by atoms with Crippen LogP contribution in [0.4, 0.5) is 11.4 Å². The molecule has 0 fully saturated rings. The number of nitrogen functional groups attached to an aromatic ring is 1. The van der Waals surface area contributed by atoms with Crippen molar-refractivity contribution in [3.63, 3.8) is 0 Å². The van der Waals surface area contributed by atoms with E-state index in [0.29, 0.717) is 29.1 Å². The number of anilines is 2. The molecule has 0 aliphatic carbocycles. The molecule has 0 spiro atoms. The van der Waals surface area contributed by atoms with Crippen LogP contribution in [0.1, 0.15) is 27.7 Å². The highest BCUT2D eigenvalue weighted by Crippen LogP contribution is 2.26. The van der Waals surface area contributed by atoms with Crippen molar-refractivity contribution in [2.45, 2.75) is 32.6 Å². The number of hydrogen-bond donors (Lipinski definition) is 3. The first-order valence-electron chi connectivity index (χ1n) is 7.26. The molecule has 0 unspecified atom stereocenters. The maximum atomic E-state index is 12.1. The molecule has 0 saturated carbocycles. The fourth-order valence-corrected chi connectivity index (χ4v) is 3.43. The highest BCUT2D eigenvalue weighted by molar-refractivity contribution is 7.89. The largest absolute Gasteiger partial charge is 0.399 e. The van der Waals surface area contributed by atoms with Crippen LogP contribution in [0.15, 0.2) is 23.1 Å². The maximum absolute atomic E-state index is 12.1. The van der Waals surface area contributed by atoms with Crippen LogP contribution in [0, 0.1) is 17.8 Å². The Bertz CT molecular complexity index is 560. The average Bonchev–Trinajstić information content (AvgIpc) is 2.39. The second kappa shape index (κ2) is 7.13. The van der Waals surface area contributed by atoms with Crippen molar-refractivity contribution in [2.24, 2.45) is 17.8 Å². The van der Waals surface area contributed by atoms with E-state index in [-0.39, 0.29) is 4.90 Å². The molecule has 0 atom stereocenters. The van der Waals surface area contributed by atoms with Crippen LogP contribution in [0.5, 0.6) is 0 Å². The number of nitrogens with one attached hydrogen (secondary N) is 2. The van der Waals surface area contributed by atoms with Gasteiger partial charge in [0.2, 0.25) is 10.0 Å². The SMILES string of the molecule is CNS(=O)(=O)c1cc(N)ccc1NCC(C(C)C)C(C)C. The van der Waals surface area contributed by atoms with Gasteiger partial charge in [-0.15, -0.1) is 0 Å². The monoisotopic (exact) mass is 313 g/mol. The van der Waals surface area contributed by atoms with Crippen LogP contribution in [-0.2, 0) is 10.0 Å². The Hall–Kier alpha value is -1.27. The van der Waals surface area contributed by atoms with Crippen LogP contribution in [-0.4, -0.2) is 22.0 Å². The van der Waals surface area contributed by atoms with Crippen LogP contribution in [0.3, 0.4) is 0 Å². The van der Waals surface area contributed by atoms with Crippen molar-refractivity contribution >= 4 is 21.4 Å². The lowest BCUT2D eigenvalue weighted by Gasteiger charge is -2.26. The molecule has 5 nitrogen and oxygen atoms in total. The molecule has 0 bridgehead atoms. The predicted octanol–water partition coefficient (Wildman–Crippen LogP) is 2.52. The van der Waals surface area contributed by atoms with Crippen molar-refractivity contribution in [2.75, 3.05) is 24.6 Å². The molecule has 0 radical (unpaired) electrons. The van der Waals surface area contributed by atoms with Gasteiger partial charge in [-0.3, -0.25) is 0 Å². The minimum atomic E-state index is -3.53. The number of rotatable bonds is 7. The van der Waals surface area contributed by atoms with Gasteiger partial charge in [0.1, 0.15) is 4.90 Å². The third-order valence-electron chi connectivity index (χ3n) is 3.80. The summed E-state index contributed by atoms with van der Waals surface area (Å²) in [6.45, 7) is 9.45. The topological polar surface area (TPSA) is 84.2 Å². The Labute approximate surface area is 128 Å². The third kappa shape index (κ3) is 4.61. The van der Waals surface area contributed by atoms with E-state index in [2.05, 4.69) is 37.7 Å². The number of hydrogen-bond acceptors (Lipinski definition) is 4. The quantitative estimate of drug-likeness (QED) is 0.675. The first kappa shape index (κ1) is 17.8. The fraction of sp³-hybridized carbons (Fsp3) is 0.600. The molecule has 0 saturated heterocycles. The Morgan fingerprint density at radius 3 is 2.19 bits per heavy atom. The lowest BCUT2D eigenvalue weighted by molar-refractivity contribution is 0.304. The van der Waals surface area contributed by atoms with Crippen molar-refractivity contribution in [3.05, 3.63) is 18.2 Å². The zero-order chi connectivity index (χ0) is 16.2. The van der Waals surface area contributed by atoms with E-state index in [4.69, 9.17) is 5.73 Å². The summed E-state index contributed by atoms with van der Waals surface area (Å²) in [6.07, 6.45) is 0. The van der Waals surface area contributed by atoms with Crippen LogP contribution >= 0.6 is 0 Å². The number of nitrogens with two attached hydrogens (primary N) is 1. The van der Waals surface area contributed by atoms with Gasteiger partial charge in [-0.2, -0.15) is 0 Å². The molecule has 0 heterocycles. The van der Waals surface area contributed by atoms with Gasteiger partial charge in [-0.25, -0.2) is 13.1 Å². The minimum absolute atomic E-state index is 0.191. The van der Waals surface area contributed by atoms with Gasteiger partial charge in [0.05, 0.1) is 5.69 Å². The first-order valence-corrected chi connectivity index (χ1v) is 8.74. The zero-order valence-corrected chi connectivity index (χ0v) is 14.3. The summed E-state index contributed by atoms with van der Waals surface area (Å²) in [5, 5.41) is 3.27. The molecule has 21 heavy (non-hydrogen) atoms. The number of benzene rings is 1. The standard InChI is InChI=1S/C15H27N3O2S/c1-10(2)13(11(3)4)9-18-14-7-6-12(16)8-15(14)21(19,20)17-5/h6-8,10-11,13,17-18H,9,16H2,1-5H3. The van der Waals surface area contributed by atoms with E-state index in [1.807, 2.05) is 0 Å². The van der Waals surface area contributed by atoms with Gasteiger partial charge in [-0.1, -0.05) is 27.7 Å². The summed E-state index contributed by atoms with van der Waals surface area (Å²) in [4.78, 5) is 0.191. The van der Waals surface area contributed by atoms with Gasteiger partial charge >= 0.3 is 0 Å². The lowest BCUT2D eigenvalue weighted by atomic mass is 9.85. The van der Waals surface area contributed by atoms with Gasteiger partial charge < -0.3 is 11.1 Å². The first-order chi connectivity index (χ1) is 9.69. The second-order valence-corrected chi connectivity index (χ2v) is 7.85. The Morgan fingerprint density at radius 2 is 1.71 bits per heavy atom. The summed E-state index contributed by atoms with van der Waals surface area (Å²) in [5.74, 6) is 1.51. The van der Waals surface area contributed by atoms with E-state index >= 15 is 0 Å². The van der Waals surface area contributed by atoms with Gasteiger partial charge in [0.15, 0.2) is 0 Å². The van der Waals surface area contributed by atoms with Gasteiger partial charge in [-0.05, 0) is 43.0 Å². The van der Waals surface area contributed by atoms with Crippen molar-refractivity contribution < 1.29 is 8.42 Å². The number of sulfonamides is 1. The van der Waals surface area contributed by atoms with Crippen LogP contribution in [0.2, 0.25) is 0 Å². The summed E-state index contributed by atoms with van der Waals surface area (Å²) in [6, 6.07) is 4.90. The lowest BCUT2D eigenvalue weighted by Crippen LogP contribution is -2.26. The Kier molecular flexibility index (Phi) is 6.04. The molecule has 0 amide bonds. The highest BCUT2D eigenvalue weighted by Gasteiger charge is 2.20. The van der Waals surface area contributed by atoms with E-state index < -0.39 is 10.0 Å². The molecular formula is C15H27N3O2S.